The minimum absolute atomic E-state index is 0.232. The normalized spacial score (nSPS) is 19.6. The molecule has 1 aromatic heterocycles. The summed E-state index contributed by atoms with van der Waals surface area (Å²) >= 11 is 5.94. The molecule has 3 rings (SSSR count). The highest BCUT2D eigenvalue weighted by Crippen LogP contribution is 2.27. The lowest BCUT2D eigenvalue weighted by atomic mass is 10.0. The van der Waals surface area contributed by atoms with Crippen LogP contribution in [0.2, 0.25) is 5.02 Å². The number of hydrogen-bond acceptors (Lipinski definition) is 3. The SMILES string of the molecule is [CH2]CN1CCOCC1c1cncc(-c2ccc(Cl)cc2)c1. The highest BCUT2D eigenvalue weighted by Gasteiger charge is 2.23. The molecule has 0 saturated carbocycles. The smallest absolute Gasteiger partial charge is 0.0664 e. The van der Waals surface area contributed by atoms with Crippen molar-refractivity contribution in [1.82, 2.24) is 9.88 Å². The maximum atomic E-state index is 5.94. The molecule has 1 fully saturated rings. The molecule has 1 saturated heterocycles. The van der Waals surface area contributed by atoms with E-state index in [4.69, 9.17) is 16.3 Å². The van der Waals surface area contributed by atoms with Gasteiger partial charge in [-0.05, 0) is 42.8 Å². The van der Waals surface area contributed by atoms with Gasteiger partial charge in [0.1, 0.15) is 0 Å². The average molecular weight is 302 g/mol. The highest BCUT2D eigenvalue weighted by molar-refractivity contribution is 6.30. The molecule has 1 aliphatic rings. The first kappa shape index (κ1) is 14.5. The van der Waals surface area contributed by atoms with E-state index in [-0.39, 0.29) is 6.04 Å². The second kappa shape index (κ2) is 6.56. The van der Waals surface area contributed by atoms with Crippen LogP contribution < -0.4 is 0 Å². The number of hydrogen-bond donors (Lipinski definition) is 0. The first-order valence-corrected chi connectivity index (χ1v) is 7.47. The van der Waals surface area contributed by atoms with E-state index >= 15 is 0 Å². The zero-order valence-electron chi connectivity index (χ0n) is 11.8. The van der Waals surface area contributed by atoms with Crippen LogP contribution in [0, 0.1) is 6.92 Å². The second-order valence-electron chi connectivity index (χ2n) is 5.14. The van der Waals surface area contributed by atoms with Crippen molar-refractivity contribution in [2.75, 3.05) is 26.3 Å². The highest BCUT2D eigenvalue weighted by atomic mass is 35.5. The van der Waals surface area contributed by atoms with Crippen LogP contribution in [-0.2, 0) is 4.74 Å². The van der Waals surface area contributed by atoms with E-state index in [1.165, 1.54) is 5.56 Å². The van der Waals surface area contributed by atoms with Crippen LogP contribution in [0.1, 0.15) is 11.6 Å². The molecule has 2 aromatic rings. The molecule has 2 heterocycles. The maximum absolute atomic E-state index is 5.94. The zero-order chi connectivity index (χ0) is 14.7. The molecule has 4 heteroatoms. The third kappa shape index (κ3) is 3.26. The molecule has 1 aromatic carbocycles. The number of halogens is 1. The van der Waals surface area contributed by atoms with E-state index in [9.17, 15) is 0 Å². The summed E-state index contributed by atoms with van der Waals surface area (Å²) in [6, 6.07) is 10.2. The average Bonchev–Trinajstić information content (AvgIpc) is 2.55. The van der Waals surface area contributed by atoms with Gasteiger partial charge < -0.3 is 4.74 Å². The molecule has 1 radical (unpaired) electrons. The van der Waals surface area contributed by atoms with E-state index in [0.29, 0.717) is 6.61 Å². The van der Waals surface area contributed by atoms with Gasteiger partial charge in [0.25, 0.3) is 0 Å². The van der Waals surface area contributed by atoms with Gasteiger partial charge in [0.05, 0.1) is 19.3 Å². The predicted octanol–water partition coefficient (Wildman–Crippen LogP) is 3.61. The summed E-state index contributed by atoms with van der Waals surface area (Å²) < 4.78 is 5.62. The van der Waals surface area contributed by atoms with Gasteiger partial charge in [-0.25, -0.2) is 0 Å². The Labute approximate surface area is 130 Å². The first-order chi connectivity index (χ1) is 10.3. The summed E-state index contributed by atoms with van der Waals surface area (Å²) in [7, 11) is 0. The number of rotatable bonds is 3. The Morgan fingerprint density at radius 1 is 1.24 bits per heavy atom. The fourth-order valence-electron chi connectivity index (χ4n) is 2.65. The van der Waals surface area contributed by atoms with Crippen LogP contribution in [0.5, 0.6) is 0 Å². The standard InChI is InChI=1S/C17H18ClN2O/c1-2-20-7-8-21-12-17(20)15-9-14(10-19-11-15)13-3-5-16(18)6-4-13/h3-6,9-11,17H,1-2,7-8,12H2. The summed E-state index contributed by atoms with van der Waals surface area (Å²) in [6.45, 7) is 7.17. The molecule has 1 atom stereocenters. The second-order valence-corrected chi connectivity index (χ2v) is 5.58. The van der Waals surface area contributed by atoms with Crippen LogP contribution >= 0.6 is 11.6 Å². The largest absolute Gasteiger partial charge is 0.378 e. The minimum Gasteiger partial charge on any atom is -0.378 e. The quantitative estimate of drug-likeness (QED) is 0.866. The van der Waals surface area contributed by atoms with E-state index in [0.717, 1.165) is 35.8 Å². The molecule has 0 amide bonds. The molecular weight excluding hydrogens is 284 g/mol. The van der Waals surface area contributed by atoms with Gasteiger partial charge in [0.2, 0.25) is 0 Å². The van der Waals surface area contributed by atoms with Crippen LogP contribution in [-0.4, -0.2) is 36.2 Å². The van der Waals surface area contributed by atoms with Crippen LogP contribution in [0.3, 0.4) is 0 Å². The molecule has 0 bridgehead atoms. The number of aromatic nitrogens is 1. The summed E-state index contributed by atoms with van der Waals surface area (Å²) in [6.07, 6.45) is 3.80. The predicted molar refractivity (Wildman–Crippen MR) is 85.2 cm³/mol. The van der Waals surface area contributed by atoms with Gasteiger partial charge in [0.15, 0.2) is 0 Å². The molecule has 0 aliphatic carbocycles. The van der Waals surface area contributed by atoms with Crippen LogP contribution in [0.25, 0.3) is 11.1 Å². The topological polar surface area (TPSA) is 25.4 Å². The zero-order valence-corrected chi connectivity index (χ0v) is 12.6. The minimum atomic E-state index is 0.232. The van der Waals surface area contributed by atoms with Gasteiger partial charge in [0, 0.05) is 29.5 Å². The molecule has 1 unspecified atom stereocenters. The lowest BCUT2D eigenvalue weighted by Crippen LogP contribution is -2.39. The van der Waals surface area contributed by atoms with Gasteiger partial charge in [-0.3, -0.25) is 9.88 Å². The van der Waals surface area contributed by atoms with Crippen molar-refractivity contribution in [2.24, 2.45) is 0 Å². The molecule has 21 heavy (non-hydrogen) atoms. The number of ether oxygens (including phenoxy) is 1. The number of nitrogens with zero attached hydrogens (tertiary/aromatic N) is 2. The van der Waals surface area contributed by atoms with E-state index in [2.05, 4.69) is 22.9 Å². The van der Waals surface area contributed by atoms with Gasteiger partial charge >= 0.3 is 0 Å². The Morgan fingerprint density at radius 2 is 2.05 bits per heavy atom. The molecule has 0 N–H and O–H groups in total. The molecule has 3 nitrogen and oxygen atoms in total. The number of pyridine rings is 1. The Hall–Kier alpha value is -1.42. The van der Waals surface area contributed by atoms with Gasteiger partial charge in [-0.2, -0.15) is 0 Å². The Bertz CT molecular complexity index is 600. The summed E-state index contributed by atoms with van der Waals surface area (Å²) in [5, 5.41) is 0.742. The number of benzene rings is 1. The van der Waals surface area contributed by atoms with Gasteiger partial charge in [-0.1, -0.05) is 23.7 Å². The summed E-state index contributed by atoms with van der Waals surface area (Å²) in [5.41, 5.74) is 3.39. The van der Waals surface area contributed by atoms with E-state index < -0.39 is 0 Å². The third-order valence-electron chi connectivity index (χ3n) is 3.85. The Balaban J connectivity index is 1.90. The fraction of sp³-hybridized carbons (Fsp3) is 0.294. The number of morpholine rings is 1. The summed E-state index contributed by atoms with van der Waals surface area (Å²) in [5.74, 6) is 0. The van der Waals surface area contributed by atoms with Gasteiger partial charge in [-0.15, -0.1) is 0 Å². The van der Waals surface area contributed by atoms with Crippen molar-refractivity contribution >= 4 is 11.6 Å². The van der Waals surface area contributed by atoms with Crippen molar-refractivity contribution in [3.05, 3.63) is 60.2 Å². The van der Waals surface area contributed by atoms with Crippen LogP contribution in [0.4, 0.5) is 0 Å². The van der Waals surface area contributed by atoms with Crippen LogP contribution in [0.15, 0.2) is 42.7 Å². The monoisotopic (exact) mass is 301 g/mol. The summed E-state index contributed by atoms with van der Waals surface area (Å²) in [4.78, 5) is 6.72. The van der Waals surface area contributed by atoms with E-state index in [1.54, 1.807) is 0 Å². The third-order valence-corrected chi connectivity index (χ3v) is 4.10. The lowest BCUT2D eigenvalue weighted by Gasteiger charge is -2.34. The molecule has 1 aliphatic heterocycles. The van der Waals surface area contributed by atoms with Crippen molar-refractivity contribution in [3.63, 3.8) is 0 Å². The van der Waals surface area contributed by atoms with Crippen molar-refractivity contribution < 1.29 is 4.74 Å². The first-order valence-electron chi connectivity index (χ1n) is 7.10. The molecule has 109 valence electrons. The van der Waals surface area contributed by atoms with Crippen molar-refractivity contribution in [1.29, 1.82) is 0 Å². The van der Waals surface area contributed by atoms with E-state index in [1.807, 2.05) is 36.7 Å². The maximum Gasteiger partial charge on any atom is 0.0664 e. The fourth-order valence-corrected chi connectivity index (χ4v) is 2.78. The van der Waals surface area contributed by atoms with Crippen molar-refractivity contribution in [3.8, 4) is 11.1 Å². The Morgan fingerprint density at radius 3 is 2.81 bits per heavy atom. The van der Waals surface area contributed by atoms with Crippen molar-refractivity contribution in [2.45, 2.75) is 6.04 Å². The molecule has 0 spiro atoms. The Kier molecular flexibility index (Phi) is 4.54. The molecular formula is C17H18ClN2O. The lowest BCUT2D eigenvalue weighted by molar-refractivity contribution is -0.00300.